The minimum absolute atomic E-state index is 0.0257. The second-order valence-corrected chi connectivity index (χ2v) is 6.12. The third-order valence-corrected chi connectivity index (χ3v) is 4.20. The van der Waals surface area contributed by atoms with Crippen LogP contribution >= 0.6 is 0 Å². The number of carbonyl (C=O) groups is 1. The van der Waals surface area contributed by atoms with E-state index in [1.807, 2.05) is 17.9 Å². The van der Waals surface area contributed by atoms with Crippen molar-refractivity contribution in [3.8, 4) is 6.07 Å². The van der Waals surface area contributed by atoms with Gasteiger partial charge in [0.15, 0.2) is 0 Å². The van der Waals surface area contributed by atoms with Crippen molar-refractivity contribution in [1.29, 1.82) is 5.26 Å². The zero-order chi connectivity index (χ0) is 17.4. The molecule has 6 heteroatoms. The first-order chi connectivity index (χ1) is 11.6. The van der Waals surface area contributed by atoms with Gasteiger partial charge in [0.1, 0.15) is 11.9 Å². The van der Waals surface area contributed by atoms with Gasteiger partial charge >= 0.3 is 0 Å². The third kappa shape index (κ3) is 5.20. The smallest absolute Gasteiger partial charge is 0.225 e. The zero-order valence-electron chi connectivity index (χ0n) is 14.6. The molecule has 0 spiro atoms. The van der Waals surface area contributed by atoms with Gasteiger partial charge in [-0.1, -0.05) is 13.3 Å². The first-order valence-electron chi connectivity index (χ1n) is 8.64. The fraction of sp³-hybridized carbons (Fsp3) is 0.611. The van der Waals surface area contributed by atoms with Crippen molar-refractivity contribution in [3.63, 3.8) is 0 Å². The van der Waals surface area contributed by atoms with Crippen LogP contribution in [0.3, 0.4) is 0 Å². The number of unbranched alkanes of at least 4 members (excludes halogenated alkanes) is 1. The summed E-state index contributed by atoms with van der Waals surface area (Å²) < 4.78 is 5.66. The molecular weight excluding hydrogens is 304 g/mol. The van der Waals surface area contributed by atoms with Crippen molar-refractivity contribution in [2.45, 2.75) is 39.2 Å². The molecule has 1 atom stereocenters. The minimum atomic E-state index is -0.0257. The van der Waals surface area contributed by atoms with E-state index in [1.54, 1.807) is 12.3 Å². The van der Waals surface area contributed by atoms with Crippen LogP contribution in [-0.2, 0) is 9.53 Å². The van der Waals surface area contributed by atoms with Crippen molar-refractivity contribution in [2.75, 3.05) is 37.7 Å². The Bertz CT molecular complexity index is 559. The van der Waals surface area contributed by atoms with Crippen LogP contribution in [0, 0.1) is 11.3 Å². The van der Waals surface area contributed by atoms with E-state index in [9.17, 15) is 4.79 Å². The largest absolute Gasteiger partial charge is 0.378 e. The lowest BCUT2D eigenvalue weighted by atomic mass is 10.2. The number of rotatable bonds is 7. The zero-order valence-corrected chi connectivity index (χ0v) is 14.6. The van der Waals surface area contributed by atoms with Crippen LogP contribution < -0.4 is 4.90 Å². The molecule has 1 unspecified atom stereocenters. The van der Waals surface area contributed by atoms with E-state index in [0.717, 1.165) is 38.4 Å². The normalized spacial score (nSPS) is 15.9. The predicted molar refractivity (Wildman–Crippen MR) is 92.7 cm³/mol. The molecule has 1 saturated heterocycles. The summed E-state index contributed by atoms with van der Waals surface area (Å²) in [7, 11) is 0. The number of ether oxygens (including phenoxy) is 1. The third-order valence-electron chi connectivity index (χ3n) is 4.20. The van der Waals surface area contributed by atoms with Crippen LogP contribution in [-0.4, -0.2) is 54.7 Å². The maximum absolute atomic E-state index is 12.3. The average molecular weight is 330 g/mol. The van der Waals surface area contributed by atoms with Gasteiger partial charge in [-0.15, -0.1) is 0 Å². The first kappa shape index (κ1) is 18.2. The second kappa shape index (κ2) is 9.24. The number of pyridine rings is 1. The molecule has 2 rings (SSSR count). The summed E-state index contributed by atoms with van der Waals surface area (Å²) >= 11 is 0. The van der Waals surface area contributed by atoms with Gasteiger partial charge in [0.05, 0.1) is 18.1 Å². The molecule has 0 aliphatic carbocycles. The minimum Gasteiger partial charge on any atom is -0.378 e. The Morgan fingerprint density at radius 1 is 1.38 bits per heavy atom. The Hall–Kier alpha value is -2.13. The summed E-state index contributed by atoms with van der Waals surface area (Å²) in [4.78, 5) is 20.7. The summed E-state index contributed by atoms with van der Waals surface area (Å²) in [5, 5.41) is 8.82. The van der Waals surface area contributed by atoms with E-state index in [4.69, 9.17) is 10.00 Å². The van der Waals surface area contributed by atoms with Crippen molar-refractivity contribution < 1.29 is 9.53 Å². The number of hydrogen-bond acceptors (Lipinski definition) is 5. The van der Waals surface area contributed by atoms with Crippen LogP contribution in [0.15, 0.2) is 18.3 Å². The predicted octanol–water partition coefficient (Wildman–Crippen LogP) is 2.20. The number of piperazine rings is 1. The number of aromatic nitrogens is 1. The van der Waals surface area contributed by atoms with E-state index in [0.29, 0.717) is 25.1 Å². The Kier molecular flexibility index (Phi) is 7.01. The van der Waals surface area contributed by atoms with Crippen molar-refractivity contribution >= 4 is 11.7 Å². The van der Waals surface area contributed by atoms with Crippen LogP contribution in [0.25, 0.3) is 0 Å². The fourth-order valence-electron chi connectivity index (χ4n) is 2.69. The molecule has 0 radical (unpaired) electrons. The van der Waals surface area contributed by atoms with Gasteiger partial charge in [-0.2, -0.15) is 5.26 Å². The van der Waals surface area contributed by atoms with Crippen molar-refractivity contribution in [2.24, 2.45) is 0 Å². The quantitative estimate of drug-likeness (QED) is 0.717. The average Bonchev–Trinajstić information content (AvgIpc) is 2.62. The topological polar surface area (TPSA) is 69.5 Å². The molecule has 0 saturated carbocycles. The van der Waals surface area contributed by atoms with E-state index in [2.05, 4.69) is 22.9 Å². The molecule has 0 aromatic carbocycles. The Labute approximate surface area is 144 Å². The number of carbonyl (C=O) groups excluding carboxylic acids is 1. The highest BCUT2D eigenvalue weighted by Gasteiger charge is 2.23. The summed E-state index contributed by atoms with van der Waals surface area (Å²) in [6, 6.07) is 5.70. The van der Waals surface area contributed by atoms with Crippen LogP contribution in [0.2, 0.25) is 0 Å². The highest BCUT2D eigenvalue weighted by Crippen LogP contribution is 2.15. The second-order valence-electron chi connectivity index (χ2n) is 6.12. The van der Waals surface area contributed by atoms with Crippen LogP contribution in [0.4, 0.5) is 5.82 Å². The van der Waals surface area contributed by atoms with Gasteiger partial charge < -0.3 is 14.5 Å². The molecule has 1 amide bonds. The van der Waals surface area contributed by atoms with Gasteiger partial charge in [0.2, 0.25) is 5.91 Å². The van der Waals surface area contributed by atoms with E-state index in [1.165, 1.54) is 0 Å². The molecule has 1 aromatic heterocycles. The van der Waals surface area contributed by atoms with Gasteiger partial charge in [-0.05, 0) is 25.5 Å². The van der Waals surface area contributed by atoms with Gasteiger partial charge in [-0.25, -0.2) is 4.98 Å². The van der Waals surface area contributed by atoms with Crippen LogP contribution in [0.1, 0.15) is 38.7 Å². The molecule has 24 heavy (non-hydrogen) atoms. The van der Waals surface area contributed by atoms with E-state index >= 15 is 0 Å². The van der Waals surface area contributed by atoms with Gasteiger partial charge in [0, 0.05) is 39.0 Å². The monoisotopic (exact) mass is 330 g/mol. The lowest BCUT2D eigenvalue weighted by Gasteiger charge is -2.35. The van der Waals surface area contributed by atoms with Crippen LogP contribution in [0.5, 0.6) is 0 Å². The summed E-state index contributed by atoms with van der Waals surface area (Å²) in [6.07, 6.45) is 4.14. The standard InChI is InChI=1S/C18H26N4O2/c1-3-4-11-24-15(2)12-18(23)22-9-7-21(8-10-22)17-6-5-16(13-19)14-20-17/h5-6,14-15H,3-4,7-12H2,1-2H3. The molecule has 130 valence electrons. The summed E-state index contributed by atoms with van der Waals surface area (Å²) in [6.45, 7) is 7.73. The molecule has 1 aliphatic rings. The Morgan fingerprint density at radius 3 is 2.71 bits per heavy atom. The number of anilines is 1. The number of nitrogens with zero attached hydrogens (tertiary/aromatic N) is 4. The lowest BCUT2D eigenvalue weighted by molar-refractivity contribution is -0.134. The number of hydrogen-bond donors (Lipinski definition) is 0. The maximum Gasteiger partial charge on any atom is 0.225 e. The molecular formula is C18H26N4O2. The van der Waals surface area contributed by atoms with E-state index < -0.39 is 0 Å². The first-order valence-corrected chi connectivity index (χ1v) is 8.64. The molecule has 6 nitrogen and oxygen atoms in total. The Balaban J connectivity index is 1.77. The van der Waals surface area contributed by atoms with E-state index in [-0.39, 0.29) is 12.0 Å². The summed E-state index contributed by atoms with van der Waals surface area (Å²) in [5.41, 5.74) is 0.560. The summed E-state index contributed by atoms with van der Waals surface area (Å²) in [5.74, 6) is 1.02. The maximum atomic E-state index is 12.3. The number of amides is 1. The van der Waals surface area contributed by atoms with Gasteiger partial charge in [-0.3, -0.25) is 4.79 Å². The molecule has 2 heterocycles. The SMILES string of the molecule is CCCCOC(C)CC(=O)N1CCN(c2ccc(C#N)cn2)CC1. The van der Waals surface area contributed by atoms with Crippen molar-refractivity contribution in [3.05, 3.63) is 23.9 Å². The molecule has 0 N–H and O–H groups in total. The fourth-order valence-corrected chi connectivity index (χ4v) is 2.69. The molecule has 1 fully saturated rings. The van der Waals surface area contributed by atoms with Crippen molar-refractivity contribution in [1.82, 2.24) is 9.88 Å². The van der Waals surface area contributed by atoms with Gasteiger partial charge in [0.25, 0.3) is 0 Å². The highest BCUT2D eigenvalue weighted by molar-refractivity contribution is 5.77. The highest BCUT2D eigenvalue weighted by atomic mass is 16.5. The molecule has 1 aromatic rings. The number of nitriles is 1. The molecule has 0 bridgehead atoms. The Morgan fingerprint density at radius 2 is 2.12 bits per heavy atom. The lowest BCUT2D eigenvalue weighted by Crippen LogP contribution is -2.49. The molecule has 1 aliphatic heterocycles.